The Balaban J connectivity index is 1.73. The molecular formula is C19H19N2O4P. The maximum atomic E-state index is 12.3. The molecule has 2 aromatic rings. The predicted octanol–water partition coefficient (Wildman–Crippen LogP) is 3.41. The standard InChI is InChI=1S/C19H19N2O4P/c1-25-26(23,24)13-15-10-19(22)21(12-15)18-8-6-17(7-9-18)16-4-2-14(11-20)3-5-16/h2-9,15H,10,12-13H2,1H3,(H,23,24). The Kier molecular flexibility index (Phi) is 5.24. The van der Waals surface area contributed by atoms with E-state index in [1.165, 1.54) is 7.11 Å². The Bertz CT molecular complexity index is 887. The van der Waals surface area contributed by atoms with E-state index >= 15 is 0 Å². The van der Waals surface area contributed by atoms with Gasteiger partial charge in [-0.15, -0.1) is 0 Å². The molecule has 0 spiro atoms. The summed E-state index contributed by atoms with van der Waals surface area (Å²) in [5.41, 5.74) is 3.35. The molecule has 2 aromatic carbocycles. The lowest BCUT2D eigenvalue weighted by atomic mass is 10.0. The molecule has 1 fully saturated rings. The molecule has 0 aromatic heterocycles. The van der Waals surface area contributed by atoms with Crippen molar-refractivity contribution in [1.29, 1.82) is 5.26 Å². The first-order chi connectivity index (χ1) is 12.4. The maximum Gasteiger partial charge on any atom is 0.328 e. The van der Waals surface area contributed by atoms with Gasteiger partial charge in [-0.1, -0.05) is 24.3 Å². The Hall–Kier alpha value is -2.45. The van der Waals surface area contributed by atoms with E-state index in [0.717, 1.165) is 16.8 Å². The van der Waals surface area contributed by atoms with Gasteiger partial charge in [0, 0.05) is 25.8 Å². The van der Waals surface area contributed by atoms with Crippen molar-refractivity contribution in [3.8, 4) is 17.2 Å². The zero-order valence-electron chi connectivity index (χ0n) is 14.3. The minimum Gasteiger partial charge on any atom is -0.324 e. The highest BCUT2D eigenvalue weighted by molar-refractivity contribution is 7.52. The molecule has 1 heterocycles. The summed E-state index contributed by atoms with van der Waals surface area (Å²) in [6.45, 7) is 0.406. The summed E-state index contributed by atoms with van der Waals surface area (Å²) in [6, 6.07) is 17.0. The molecule has 2 unspecified atom stereocenters. The third-order valence-electron chi connectivity index (χ3n) is 4.51. The fourth-order valence-electron chi connectivity index (χ4n) is 3.13. The highest BCUT2D eigenvalue weighted by atomic mass is 31.2. The second-order valence-corrected chi connectivity index (χ2v) is 8.32. The number of anilines is 1. The number of hydrogen-bond donors (Lipinski definition) is 1. The number of hydrogen-bond acceptors (Lipinski definition) is 4. The molecule has 0 radical (unpaired) electrons. The van der Waals surface area contributed by atoms with Gasteiger partial charge in [-0.25, -0.2) is 0 Å². The topological polar surface area (TPSA) is 90.6 Å². The number of carbonyl (C=O) groups excluding carboxylic acids is 1. The van der Waals surface area contributed by atoms with Gasteiger partial charge >= 0.3 is 7.60 Å². The van der Waals surface area contributed by atoms with Crippen LogP contribution in [0.4, 0.5) is 5.69 Å². The highest BCUT2D eigenvalue weighted by Gasteiger charge is 2.35. The van der Waals surface area contributed by atoms with Crippen molar-refractivity contribution in [2.75, 3.05) is 24.7 Å². The smallest absolute Gasteiger partial charge is 0.324 e. The highest BCUT2D eigenvalue weighted by Crippen LogP contribution is 2.45. The van der Waals surface area contributed by atoms with Crippen molar-refractivity contribution in [2.24, 2.45) is 5.92 Å². The first-order valence-corrected chi connectivity index (χ1v) is 9.96. The zero-order valence-corrected chi connectivity index (χ0v) is 15.2. The molecule has 1 aliphatic heterocycles. The van der Waals surface area contributed by atoms with Crippen LogP contribution in [0.3, 0.4) is 0 Å². The predicted molar refractivity (Wildman–Crippen MR) is 98.8 cm³/mol. The van der Waals surface area contributed by atoms with Crippen LogP contribution in [0.1, 0.15) is 12.0 Å². The summed E-state index contributed by atoms with van der Waals surface area (Å²) < 4.78 is 16.3. The molecule has 26 heavy (non-hydrogen) atoms. The van der Waals surface area contributed by atoms with Crippen LogP contribution in [0.5, 0.6) is 0 Å². The lowest BCUT2D eigenvalue weighted by Gasteiger charge is -2.18. The van der Waals surface area contributed by atoms with Gasteiger partial charge in [-0.3, -0.25) is 9.36 Å². The Morgan fingerprint density at radius 2 is 1.77 bits per heavy atom. The minimum atomic E-state index is -3.62. The van der Waals surface area contributed by atoms with Gasteiger partial charge in [-0.2, -0.15) is 5.26 Å². The number of benzene rings is 2. The first kappa shape index (κ1) is 18.3. The molecule has 0 saturated carbocycles. The van der Waals surface area contributed by atoms with Crippen molar-refractivity contribution in [2.45, 2.75) is 6.42 Å². The molecule has 7 heteroatoms. The van der Waals surface area contributed by atoms with E-state index in [-0.39, 0.29) is 24.4 Å². The minimum absolute atomic E-state index is 0.0188. The first-order valence-electron chi connectivity index (χ1n) is 8.20. The lowest BCUT2D eigenvalue weighted by Crippen LogP contribution is -2.24. The zero-order chi connectivity index (χ0) is 18.7. The number of carbonyl (C=O) groups is 1. The molecule has 0 aliphatic carbocycles. The third kappa shape index (κ3) is 4.03. The normalized spacial score (nSPS) is 19.2. The quantitative estimate of drug-likeness (QED) is 0.815. The van der Waals surface area contributed by atoms with Crippen molar-refractivity contribution < 1.29 is 18.8 Å². The van der Waals surface area contributed by atoms with E-state index in [2.05, 4.69) is 10.6 Å². The van der Waals surface area contributed by atoms with Gasteiger partial charge in [0.1, 0.15) is 0 Å². The SMILES string of the molecule is COP(=O)(O)CC1CC(=O)N(c2ccc(-c3ccc(C#N)cc3)cc2)C1. The number of rotatable bonds is 5. The molecule has 6 nitrogen and oxygen atoms in total. The van der Waals surface area contributed by atoms with Crippen LogP contribution >= 0.6 is 7.60 Å². The molecule has 1 aliphatic rings. The summed E-state index contributed by atoms with van der Waals surface area (Å²) in [5, 5.41) is 8.86. The van der Waals surface area contributed by atoms with Crippen molar-refractivity contribution in [3.63, 3.8) is 0 Å². The number of amides is 1. The number of nitrogens with zero attached hydrogens (tertiary/aromatic N) is 2. The Labute approximate surface area is 152 Å². The van der Waals surface area contributed by atoms with Crippen LogP contribution in [-0.2, 0) is 13.9 Å². The summed E-state index contributed by atoms with van der Waals surface area (Å²) in [7, 11) is -2.42. The summed E-state index contributed by atoms with van der Waals surface area (Å²) in [5.74, 6) is -0.256. The van der Waals surface area contributed by atoms with Crippen LogP contribution in [-0.4, -0.2) is 30.6 Å². The fraction of sp³-hybridized carbons (Fsp3) is 0.263. The molecule has 2 atom stereocenters. The average Bonchev–Trinajstić information content (AvgIpc) is 3.01. The molecule has 1 saturated heterocycles. The van der Waals surface area contributed by atoms with Crippen LogP contribution in [0.2, 0.25) is 0 Å². The van der Waals surface area contributed by atoms with E-state index in [4.69, 9.17) is 5.26 Å². The molecule has 3 rings (SSSR count). The summed E-state index contributed by atoms with van der Waals surface area (Å²) in [4.78, 5) is 23.5. The molecule has 1 amide bonds. The van der Waals surface area contributed by atoms with Crippen LogP contribution in [0, 0.1) is 17.2 Å². The van der Waals surface area contributed by atoms with Gasteiger partial charge in [0.2, 0.25) is 5.91 Å². The monoisotopic (exact) mass is 370 g/mol. The second kappa shape index (κ2) is 7.43. The lowest BCUT2D eigenvalue weighted by molar-refractivity contribution is -0.117. The largest absolute Gasteiger partial charge is 0.328 e. The van der Waals surface area contributed by atoms with E-state index in [9.17, 15) is 14.3 Å². The van der Waals surface area contributed by atoms with Crippen molar-refractivity contribution in [3.05, 3.63) is 54.1 Å². The second-order valence-electron chi connectivity index (χ2n) is 6.31. The van der Waals surface area contributed by atoms with Crippen molar-refractivity contribution >= 4 is 19.2 Å². The van der Waals surface area contributed by atoms with E-state index in [1.807, 2.05) is 36.4 Å². The van der Waals surface area contributed by atoms with Crippen LogP contribution < -0.4 is 4.90 Å². The van der Waals surface area contributed by atoms with E-state index in [0.29, 0.717) is 12.1 Å². The summed E-state index contributed by atoms with van der Waals surface area (Å²) >= 11 is 0. The van der Waals surface area contributed by atoms with Gasteiger partial charge in [0.25, 0.3) is 0 Å². The van der Waals surface area contributed by atoms with Gasteiger partial charge in [0.15, 0.2) is 0 Å². The molecule has 0 bridgehead atoms. The maximum absolute atomic E-state index is 12.3. The Morgan fingerprint density at radius 3 is 2.31 bits per heavy atom. The Morgan fingerprint density at radius 1 is 1.19 bits per heavy atom. The van der Waals surface area contributed by atoms with Crippen molar-refractivity contribution in [1.82, 2.24) is 0 Å². The molecular weight excluding hydrogens is 351 g/mol. The fourth-order valence-corrected chi connectivity index (χ4v) is 4.17. The number of nitriles is 1. The van der Waals surface area contributed by atoms with Gasteiger partial charge in [0.05, 0.1) is 17.8 Å². The van der Waals surface area contributed by atoms with Crippen LogP contribution in [0.25, 0.3) is 11.1 Å². The van der Waals surface area contributed by atoms with E-state index < -0.39 is 7.60 Å². The molecule has 1 N–H and O–H groups in total. The van der Waals surface area contributed by atoms with Gasteiger partial charge in [-0.05, 0) is 41.3 Å². The van der Waals surface area contributed by atoms with Crippen LogP contribution in [0.15, 0.2) is 48.5 Å². The average molecular weight is 370 g/mol. The van der Waals surface area contributed by atoms with E-state index in [1.54, 1.807) is 17.0 Å². The summed E-state index contributed by atoms with van der Waals surface area (Å²) in [6.07, 6.45) is 0.223. The third-order valence-corrected chi connectivity index (χ3v) is 6.05. The molecule has 134 valence electrons. The van der Waals surface area contributed by atoms with Gasteiger partial charge < -0.3 is 14.3 Å².